The first-order valence-electron chi connectivity index (χ1n) is 6.49. The summed E-state index contributed by atoms with van der Waals surface area (Å²) in [6.45, 7) is 3.29. The molecule has 0 amide bonds. The van der Waals surface area contributed by atoms with Crippen LogP contribution >= 0.6 is 11.3 Å². The van der Waals surface area contributed by atoms with Crippen LogP contribution < -0.4 is 5.32 Å². The van der Waals surface area contributed by atoms with Crippen LogP contribution in [0.2, 0.25) is 0 Å². The summed E-state index contributed by atoms with van der Waals surface area (Å²) in [6.07, 6.45) is 3.80. The smallest absolute Gasteiger partial charge is 0.346 e. The van der Waals surface area contributed by atoms with Crippen molar-refractivity contribution in [3.05, 3.63) is 16.8 Å². The lowest BCUT2D eigenvalue weighted by atomic mass is 10.2. The van der Waals surface area contributed by atoms with Gasteiger partial charge in [-0.05, 0) is 25.3 Å². The first-order chi connectivity index (χ1) is 9.66. The average Bonchev–Trinajstić information content (AvgIpc) is 3.05. The summed E-state index contributed by atoms with van der Waals surface area (Å²) in [5.41, 5.74) is 0.716. The minimum absolute atomic E-state index is 0.206. The fourth-order valence-electron chi connectivity index (χ4n) is 2.43. The van der Waals surface area contributed by atoms with Crippen molar-refractivity contribution in [2.45, 2.75) is 25.9 Å². The van der Waals surface area contributed by atoms with E-state index in [-0.39, 0.29) is 6.10 Å². The van der Waals surface area contributed by atoms with E-state index in [0.29, 0.717) is 27.6 Å². The van der Waals surface area contributed by atoms with Gasteiger partial charge < -0.3 is 15.2 Å². The number of aromatic nitrogens is 2. The predicted octanol–water partition coefficient (Wildman–Crippen LogP) is 2.29. The monoisotopic (exact) mass is 293 g/mol. The molecule has 2 aromatic heterocycles. The topological polar surface area (TPSA) is 84.3 Å². The van der Waals surface area contributed by atoms with Gasteiger partial charge in [0.2, 0.25) is 0 Å². The Balaban J connectivity index is 1.91. The molecular weight excluding hydrogens is 278 g/mol. The summed E-state index contributed by atoms with van der Waals surface area (Å²) in [4.78, 5) is 20.6. The number of rotatable bonds is 4. The maximum absolute atomic E-state index is 11.2. The fourth-order valence-corrected chi connectivity index (χ4v) is 3.41. The third-order valence-electron chi connectivity index (χ3n) is 3.44. The van der Waals surface area contributed by atoms with Crippen LogP contribution in [-0.2, 0) is 4.74 Å². The van der Waals surface area contributed by atoms with Gasteiger partial charge in [0.05, 0.1) is 11.5 Å². The van der Waals surface area contributed by atoms with Crippen molar-refractivity contribution in [1.29, 1.82) is 0 Å². The molecule has 1 saturated heterocycles. The molecule has 0 aromatic carbocycles. The summed E-state index contributed by atoms with van der Waals surface area (Å²) < 4.78 is 5.56. The van der Waals surface area contributed by atoms with Gasteiger partial charge in [0.1, 0.15) is 21.9 Å². The quantitative estimate of drug-likeness (QED) is 0.899. The summed E-state index contributed by atoms with van der Waals surface area (Å²) in [7, 11) is 0. The highest BCUT2D eigenvalue weighted by atomic mass is 32.1. The van der Waals surface area contributed by atoms with Crippen LogP contribution in [0.25, 0.3) is 10.2 Å². The molecule has 3 rings (SSSR count). The number of nitrogens with zero attached hydrogens (tertiary/aromatic N) is 2. The molecule has 1 unspecified atom stereocenters. The fraction of sp³-hybridized carbons (Fsp3) is 0.462. The normalized spacial score (nSPS) is 18.6. The number of carboxylic acids is 1. The van der Waals surface area contributed by atoms with E-state index >= 15 is 0 Å². The molecule has 2 N–H and O–H groups in total. The number of aromatic carboxylic acids is 1. The molecule has 6 nitrogen and oxygen atoms in total. The molecular formula is C13H15N3O3S. The Labute approximate surface area is 119 Å². The van der Waals surface area contributed by atoms with Crippen molar-refractivity contribution in [1.82, 2.24) is 9.97 Å². The maximum Gasteiger partial charge on any atom is 0.346 e. The number of fused-ring (bicyclic) bond motifs is 1. The van der Waals surface area contributed by atoms with Crippen LogP contribution in [0, 0.1) is 6.92 Å². The molecule has 2 aromatic rings. The number of hydrogen-bond donors (Lipinski definition) is 2. The van der Waals surface area contributed by atoms with Gasteiger partial charge in [0.25, 0.3) is 0 Å². The van der Waals surface area contributed by atoms with E-state index in [0.717, 1.165) is 24.8 Å². The zero-order chi connectivity index (χ0) is 14.1. The molecule has 20 heavy (non-hydrogen) atoms. The molecule has 1 aliphatic rings. The second-order valence-electron chi connectivity index (χ2n) is 4.78. The maximum atomic E-state index is 11.2. The van der Waals surface area contributed by atoms with Gasteiger partial charge in [-0.15, -0.1) is 11.3 Å². The van der Waals surface area contributed by atoms with E-state index < -0.39 is 5.97 Å². The Morgan fingerprint density at radius 1 is 1.60 bits per heavy atom. The Kier molecular flexibility index (Phi) is 3.54. The first kappa shape index (κ1) is 13.3. The van der Waals surface area contributed by atoms with Crippen LogP contribution in [0.4, 0.5) is 5.82 Å². The van der Waals surface area contributed by atoms with Crippen LogP contribution in [0.15, 0.2) is 6.33 Å². The van der Waals surface area contributed by atoms with Gasteiger partial charge in [0, 0.05) is 13.2 Å². The molecule has 106 valence electrons. The lowest BCUT2D eigenvalue weighted by Crippen LogP contribution is -2.19. The number of nitrogens with one attached hydrogen (secondary N) is 1. The highest BCUT2D eigenvalue weighted by Crippen LogP contribution is 2.33. The van der Waals surface area contributed by atoms with E-state index in [4.69, 9.17) is 4.74 Å². The predicted molar refractivity (Wildman–Crippen MR) is 76.6 cm³/mol. The summed E-state index contributed by atoms with van der Waals surface area (Å²) >= 11 is 1.18. The lowest BCUT2D eigenvalue weighted by molar-refractivity contribution is 0.0701. The van der Waals surface area contributed by atoms with Crippen molar-refractivity contribution in [3.63, 3.8) is 0 Å². The summed E-state index contributed by atoms with van der Waals surface area (Å²) in [5, 5.41) is 13.2. The Morgan fingerprint density at radius 3 is 3.15 bits per heavy atom. The Hall–Kier alpha value is -1.73. The molecule has 7 heteroatoms. The van der Waals surface area contributed by atoms with Crippen molar-refractivity contribution >= 4 is 33.3 Å². The van der Waals surface area contributed by atoms with E-state index in [2.05, 4.69) is 15.3 Å². The number of hydrogen-bond acceptors (Lipinski definition) is 6. The summed E-state index contributed by atoms with van der Waals surface area (Å²) in [5.74, 6) is -0.234. The van der Waals surface area contributed by atoms with Gasteiger partial charge in [-0.2, -0.15) is 0 Å². The van der Waals surface area contributed by atoms with Gasteiger partial charge in [0.15, 0.2) is 0 Å². The van der Waals surface area contributed by atoms with E-state index in [1.54, 1.807) is 6.92 Å². The molecule has 1 aliphatic heterocycles. The largest absolute Gasteiger partial charge is 0.477 e. The third kappa shape index (κ3) is 2.34. The lowest BCUT2D eigenvalue weighted by Gasteiger charge is -2.12. The van der Waals surface area contributed by atoms with Crippen molar-refractivity contribution in [2.24, 2.45) is 0 Å². The molecule has 0 aliphatic carbocycles. The van der Waals surface area contributed by atoms with Crippen molar-refractivity contribution in [2.75, 3.05) is 18.5 Å². The number of carbonyl (C=O) groups is 1. The van der Waals surface area contributed by atoms with Crippen LogP contribution in [-0.4, -0.2) is 40.3 Å². The van der Waals surface area contributed by atoms with Crippen molar-refractivity contribution in [3.8, 4) is 0 Å². The number of thiophene rings is 1. The van der Waals surface area contributed by atoms with Gasteiger partial charge in [-0.3, -0.25) is 0 Å². The Bertz CT molecular complexity index is 650. The minimum Gasteiger partial charge on any atom is -0.477 e. The minimum atomic E-state index is -0.921. The molecule has 0 spiro atoms. The van der Waals surface area contributed by atoms with E-state index in [1.807, 2.05) is 0 Å². The van der Waals surface area contributed by atoms with E-state index in [1.165, 1.54) is 17.7 Å². The molecule has 3 heterocycles. The highest BCUT2D eigenvalue weighted by Gasteiger charge is 2.20. The van der Waals surface area contributed by atoms with Crippen molar-refractivity contribution < 1.29 is 14.6 Å². The van der Waals surface area contributed by atoms with Crippen LogP contribution in [0.3, 0.4) is 0 Å². The third-order valence-corrected chi connectivity index (χ3v) is 4.63. The average molecular weight is 293 g/mol. The second kappa shape index (κ2) is 5.34. The van der Waals surface area contributed by atoms with E-state index in [9.17, 15) is 9.90 Å². The molecule has 0 saturated carbocycles. The molecule has 1 atom stereocenters. The van der Waals surface area contributed by atoms with Gasteiger partial charge in [-0.25, -0.2) is 14.8 Å². The number of ether oxygens (including phenoxy) is 1. The number of carboxylic acid groups (broad SMARTS) is 1. The first-order valence-corrected chi connectivity index (χ1v) is 7.31. The molecule has 0 radical (unpaired) electrons. The van der Waals surface area contributed by atoms with Gasteiger partial charge in [-0.1, -0.05) is 0 Å². The number of aryl methyl sites for hydroxylation is 1. The SMILES string of the molecule is Cc1c(C(=O)O)sc2ncnc(NCC3CCCO3)c12. The summed E-state index contributed by atoms with van der Waals surface area (Å²) in [6, 6.07) is 0. The molecule has 0 bridgehead atoms. The number of anilines is 1. The highest BCUT2D eigenvalue weighted by molar-refractivity contribution is 7.20. The Morgan fingerprint density at radius 2 is 2.45 bits per heavy atom. The molecule has 1 fully saturated rings. The zero-order valence-electron chi connectivity index (χ0n) is 11.0. The second-order valence-corrected chi connectivity index (χ2v) is 5.78. The zero-order valence-corrected chi connectivity index (χ0v) is 11.9. The van der Waals surface area contributed by atoms with Crippen LogP contribution in [0.5, 0.6) is 0 Å². The van der Waals surface area contributed by atoms with Crippen LogP contribution in [0.1, 0.15) is 28.1 Å². The van der Waals surface area contributed by atoms with Gasteiger partial charge >= 0.3 is 5.97 Å². The standard InChI is InChI=1S/C13H15N3O3S/c1-7-9-11(14-5-8-3-2-4-19-8)15-6-16-12(9)20-10(7)13(17)18/h6,8H,2-5H2,1H3,(H,17,18)(H,14,15,16).